The van der Waals surface area contributed by atoms with Crippen LogP contribution < -0.4 is 4.74 Å². The van der Waals surface area contributed by atoms with Crippen molar-refractivity contribution in [3.8, 4) is 5.75 Å². The molecule has 0 N–H and O–H groups in total. The molecular weight excluding hydrogens is 230 g/mol. The van der Waals surface area contributed by atoms with Crippen LogP contribution in [0.5, 0.6) is 5.75 Å². The zero-order valence-electron chi connectivity index (χ0n) is 10.6. The Morgan fingerprint density at radius 3 is 2.28 bits per heavy atom. The molecule has 0 spiro atoms. The van der Waals surface area contributed by atoms with Crippen molar-refractivity contribution < 1.29 is 9.66 Å². The highest BCUT2D eigenvalue weighted by Crippen LogP contribution is 2.17. The van der Waals surface area contributed by atoms with Gasteiger partial charge < -0.3 is 4.74 Å². The quantitative estimate of drug-likeness (QED) is 0.376. The van der Waals surface area contributed by atoms with Crippen molar-refractivity contribution in [2.45, 2.75) is 38.5 Å². The van der Waals surface area contributed by atoms with Crippen LogP contribution in [0.4, 0.5) is 5.69 Å². The summed E-state index contributed by atoms with van der Waals surface area (Å²) in [6.07, 6.45) is 6.85. The first-order valence-corrected chi connectivity index (χ1v) is 6.40. The summed E-state index contributed by atoms with van der Waals surface area (Å²) < 4.78 is 5.51. The number of hydrogen-bond acceptors (Lipinski definition) is 3. The molecule has 4 nitrogen and oxygen atoms in total. The molecule has 18 heavy (non-hydrogen) atoms. The van der Waals surface area contributed by atoms with Gasteiger partial charge in [-0.2, -0.15) is 0 Å². The molecule has 0 aromatic heterocycles. The van der Waals surface area contributed by atoms with Crippen molar-refractivity contribution in [2.75, 3.05) is 6.61 Å². The highest BCUT2D eigenvalue weighted by atomic mass is 16.6. The van der Waals surface area contributed by atoms with E-state index in [0.717, 1.165) is 19.3 Å². The van der Waals surface area contributed by atoms with Crippen molar-refractivity contribution in [1.29, 1.82) is 0 Å². The SMILES string of the molecule is [CH2]CCCCCCCOc1ccc([N+](=O)[O-])cc1. The van der Waals surface area contributed by atoms with E-state index < -0.39 is 4.92 Å². The minimum absolute atomic E-state index is 0.0931. The van der Waals surface area contributed by atoms with E-state index in [4.69, 9.17) is 4.74 Å². The zero-order valence-corrected chi connectivity index (χ0v) is 10.6. The van der Waals surface area contributed by atoms with E-state index in [1.54, 1.807) is 12.1 Å². The maximum absolute atomic E-state index is 10.5. The average Bonchev–Trinajstić information content (AvgIpc) is 2.38. The third-order valence-corrected chi connectivity index (χ3v) is 2.71. The molecule has 1 aromatic rings. The largest absolute Gasteiger partial charge is 0.494 e. The minimum Gasteiger partial charge on any atom is -0.494 e. The number of non-ortho nitro benzene ring substituents is 1. The summed E-state index contributed by atoms with van der Waals surface area (Å²) in [5.74, 6) is 0.693. The summed E-state index contributed by atoms with van der Waals surface area (Å²) in [7, 11) is 0. The van der Waals surface area contributed by atoms with Gasteiger partial charge in [0.25, 0.3) is 5.69 Å². The van der Waals surface area contributed by atoms with Crippen LogP contribution in [-0.4, -0.2) is 11.5 Å². The summed E-state index contributed by atoms with van der Waals surface area (Å²) in [6, 6.07) is 6.20. The van der Waals surface area contributed by atoms with Crippen LogP contribution in [0.25, 0.3) is 0 Å². The summed E-state index contributed by atoms with van der Waals surface area (Å²) in [5.41, 5.74) is 0.0931. The van der Waals surface area contributed by atoms with E-state index in [-0.39, 0.29) is 5.69 Å². The van der Waals surface area contributed by atoms with Gasteiger partial charge in [0.15, 0.2) is 0 Å². The van der Waals surface area contributed by atoms with Crippen LogP contribution in [0.15, 0.2) is 24.3 Å². The van der Waals surface area contributed by atoms with Crippen LogP contribution in [0.1, 0.15) is 38.5 Å². The molecule has 0 aliphatic rings. The molecule has 0 heterocycles. The first-order chi connectivity index (χ1) is 8.74. The lowest BCUT2D eigenvalue weighted by Crippen LogP contribution is -1.97. The van der Waals surface area contributed by atoms with Gasteiger partial charge in [0.1, 0.15) is 5.75 Å². The van der Waals surface area contributed by atoms with Gasteiger partial charge in [0.2, 0.25) is 0 Å². The highest BCUT2D eigenvalue weighted by molar-refractivity contribution is 5.35. The Kier molecular flexibility index (Phi) is 6.84. The van der Waals surface area contributed by atoms with E-state index in [1.807, 2.05) is 0 Å². The lowest BCUT2D eigenvalue weighted by Gasteiger charge is -2.05. The molecule has 4 heteroatoms. The van der Waals surface area contributed by atoms with Gasteiger partial charge in [0, 0.05) is 12.1 Å². The van der Waals surface area contributed by atoms with Gasteiger partial charge in [-0.3, -0.25) is 10.1 Å². The van der Waals surface area contributed by atoms with Gasteiger partial charge in [-0.15, -0.1) is 0 Å². The van der Waals surface area contributed by atoms with E-state index in [9.17, 15) is 10.1 Å². The van der Waals surface area contributed by atoms with Gasteiger partial charge in [-0.25, -0.2) is 0 Å². The third kappa shape index (κ3) is 5.66. The van der Waals surface area contributed by atoms with Gasteiger partial charge in [0.05, 0.1) is 11.5 Å². The number of nitrogens with zero attached hydrogens (tertiary/aromatic N) is 1. The molecule has 1 aromatic carbocycles. The number of rotatable bonds is 9. The normalized spacial score (nSPS) is 10.3. The van der Waals surface area contributed by atoms with Crippen molar-refractivity contribution in [3.05, 3.63) is 41.3 Å². The van der Waals surface area contributed by atoms with Crippen molar-refractivity contribution >= 4 is 5.69 Å². The molecule has 0 aliphatic heterocycles. The third-order valence-electron chi connectivity index (χ3n) is 2.71. The summed E-state index contributed by atoms with van der Waals surface area (Å²) in [4.78, 5) is 10.0. The van der Waals surface area contributed by atoms with Crippen LogP contribution in [-0.2, 0) is 0 Å². The lowest BCUT2D eigenvalue weighted by atomic mass is 10.1. The standard InChI is InChI=1S/C14H20NO3/c1-2-3-4-5-6-7-12-18-14-10-8-13(9-11-14)15(16)17/h8-11H,1-7,12H2. The molecule has 1 radical (unpaired) electrons. The summed E-state index contributed by atoms with van der Waals surface area (Å²) in [5, 5.41) is 10.5. The van der Waals surface area contributed by atoms with E-state index in [1.165, 1.54) is 31.4 Å². The molecular formula is C14H20NO3. The van der Waals surface area contributed by atoms with E-state index in [2.05, 4.69) is 6.92 Å². The van der Waals surface area contributed by atoms with Crippen LogP contribution in [0, 0.1) is 17.0 Å². The molecule has 0 saturated carbocycles. The van der Waals surface area contributed by atoms with Gasteiger partial charge in [-0.05, 0) is 18.6 Å². The maximum Gasteiger partial charge on any atom is 0.269 e. The smallest absolute Gasteiger partial charge is 0.269 e. The van der Waals surface area contributed by atoms with Crippen molar-refractivity contribution in [1.82, 2.24) is 0 Å². The first-order valence-electron chi connectivity index (χ1n) is 6.40. The monoisotopic (exact) mass is 250 g/mol. The lowest BCUT2D eigenvalue weighted by molar-refractivity contribution is -0.384. The Balaban J connectivity index is 2.14. The fraction of sp³-hybridized carbons (Fsp3) is 0.500. The van der Waals surface area contributed by atoms with Crippen LogP contribution in [0.2, 0.25) is 0 Å². The van der Waals surface area contributed by atoms with Crippen LogP contribution in [0.3, 0.4) is 0 Å². The molecule has 0 saturated heterocycles. The van der Waals surface area contributed by atoms with Gasteiger partial charge in [-0.1, -0.05) is 39.0 Å². The molecule has 1 rings (SSSR count). The van der Waals surface area contributed by atoms with Crippen molar-refractivity contribution in [2.24, 2.45) is 0 Å². The number of benzene rings is 1. The zero-order chi connectivity index (χ0) is 13.2. The van der Waals surface area contributed by atoms with Crippen molar-refractivity contribution in [3.63, 3.8) is 0 Å². The number of unbranched alkanes of at least 4 members (excludes halogenated alkanes) is 5. The predicted molar refractivity (Wildman–Crippen MR) is 71.7 cm³/mol. The first kappa shape index (κ1) is 14.5. The second kappa shape index (κ2) is 8.50. The Morgan fingerprint density at radius 2 is 1.67 bits per heavy atom. The van der Waals surface area contributed by atoms with E-state index in [0.29, 0.717) is 12.4 Å². The summed E-state index contributed by atoms with van der Waals surface area (Å²) in [6.45, 7) is 4.47. The fourth-order valence-electron chi connectivity index (χ4n) is 1.66. The molecule has 0 amide bonds. The second-order valence-corrected chi connectivity index (χ2v) is 4.22. The van der Waals surface area contributed by atoms with Gasteiger partial charge >= 0.3 is 0 Å². The predicted octanol–water partition coefficient (Wildman–Crippen LogP) is 4.15. The fourth-order valence-corrected chi connectivity index (χ4v) is 1.66. The Hall–Kier alpha value is -1.58. The number of hydrogen-bond donors (Lipinski definition) is 0. The molecule has 0 atom stereocenters. The second-order valence-electron chi connectivity index (χ2n) is 4.22. The maximum atomic E-state index is 10.5. The minimum atomic E-state index is -0.410. The summed E-state index contributed by atoms with van der Waals surface area (Å²) >= 11 is 0. The Labute approximate surface area is 108 Å². The molecule has 0 unspecified atom stereocenters. The van der Waals surface area contributed by atoms with Crippen LogP contribution >= 0.6 is 0 Å². The average molecular weight is 250 g/mol. The Bertz CT molecular complexity index is 349. The molecule has 99 valence electrons. The topological polar surface area (TPSA) is 52.4 Å². The number of ether oxygens (including phenoxy) is 1. The molecule has 0 aliphatic carbocycles. The molecule has 0 fully saturated rings. The van der Waals surface area contributed by atoms with E-state index >= 15 is 0 Å². The Morgan fingerprint density at radius 1 is 1.06 bits per heavy atom. The number of nitro groups is 1. The number of nitro benzene ring substituents is 1. The highest BCUT2D eigenvalue weighted by Gasteiger charge is 2.03. The molecule has 0 bridgehead atoms.